The van der Waals surface area contributed by atoms with Gasteiger partial charge in [0.2, 0.25) is 0 Å². The monoisotopic (exact) mass is 396 g/mol. The number of benzene rings is 1. The smallest absolute Gasteiger partial charge is 0.260 e. The van der Waals surface area contributed by atoms with Crippen molar-refractivity contribution in [2.24, 2.45) is 0 Å². The van der Waals surface area contributed by atoms with Crippen molar-refractivity contribution in [3.05, 3.63) is 58.6 Å². The molecular formula is C17H18BrFN2O3. The highest BCUT2D eigenvalue weighted by Crippen LogP contribution is 2.21. The van der Waals surface area contributed by atoms with E-state index in [0.717, 1.165) is 5.69 Å². The summed E-state index contributed by atoms with van der Waals surface area (Å²) < 4.78 is 24.7. The van der Waals surface area contributed by atoms with Crippen LogP contribution in [0.25, 0.3) is 0 Å². The average Bonchev–Trinajstić information content (AvgIpc) is 2.58. The molecule has 5 nitrogen and oxygen atoms in total. The summed E-state index contributed by atoms with van der Waals surface area (Å²) in [4.78, 5) is 18.2. The quantitative estimate of drug-likeness (QED) is 0.687. The van der Waals surface area contributed by atoms with E-state index >= 15 is 0 Å². The maximum Gasteiger partial charge on any atom is 0.260 e. The molecule has 1 amide bonds. The minimum Gasteiger partial charge on any atom is -0.481 e. The number of aromatic nitrogens is 1. The van der Waals surface area contributed by atoms with Gasteiger partial charge < -0.3 is 14.4 Å². The fourth-order valence-corrected chi connectivity index (χ4v) is 2.34. The molecule has 0 bridgehead atoms. The first kappa shape index (κ1) is 18.4. The van der Waals surface area contributed by atoms with Gasteiger partial charge in [0.05, 0.1) is 18.8 Å². The number of pyridine rings is 1. The van der Waals surface area contributed by atoms with Gasteiger partial charge in [-0.15, -0.1) is 0 Å². The van der Waals surface area contributed by atoms with Crippen LogP contribution in [0.3, 0.4) is 0 Å². The van der Waals surface area contributed by atoms with Gasteiger partial charge in [-0.2, -0.15) is 0 Å². The van der Waals surface area contributed by atoms with Gasteiger partial charge >= 0.3 is 0 Å². The van der Waals surface area contributed by atoms with Gasteiger partial charge in [0, 0.05) is 24.3 Å². The van der Waals surface area contributed by atoms with Crippen LogP contribution >= 0.6 is 15.9 Å². The number of hydrogen-bond acceptors (Lipinski definition) is 4. The molecule has 0 fully saturated rings. The summed E-state index contributed by atoms with van der Waals surface area (Å²) >= 11 is 3.17. The van der Waals surface area contributed by atoms with Crippen LogP contribution in [-0.2, 0) is 16.1 Å². The summed E-state index contributed by atoms with van der Waals surface area (Å²) in [6.07, 6.45) is 1.67. The van der Waals surface area contributed by atoms with E-state index in [9.17, 15) is 9.18 Å². The van der Waals surface area contributed by atoms with Crippen molar-refractivity contribution in [1.82, 2.24) is 9.88 Å². The number of ether oxygens (including phenoxy) is 2. The number of amides is 1. The van der Waals surface area contributed by atoms with Crippen molar-refractivity contribution < 1.29 is 18.7 Å². The van der Waals surface area contributed by atoms with E-state index in [1.165, 1.54) is 12.1 Å². The van der Waals surface area contributed by atoms with Crippen molar-refractivity contribution in [3.63, 3.8) is 0 Å². The molecule has 0 N–H and O–H groups in total. The number of nitrogens with zero attached hydrogens (tertiary/aromatic N) is 2. The molecule has 0 unspecified atom stereocenters. The Hall–Kier alpha value is -1.99. The fraction of sp³-hybridized carbons (Fsp3) is 0.294. The van der Waals surface area contributed by atoms with Gasteiger partial charge in [0.25, 0.3) is 5.91 Å². The second kappa shape index (κ2) is 9.34. The lowest BCUT2D eigenvalue weighted by atomic mass is 10.3. The Morgan fingerprint density at radius 3 is 2.83 bits per heavy atom. The molecule has 0 saturated carbocycles. The second-order valence-corrected chi connectivity index (χ2v) is 5.91. The molecule has 2 rings (SSSR count). The van der Waals surface area contributed by atoms with Gasteiger partial charge in [-0.25, -0.2) is 4.39 Å². The van der Waals surface area contributed by atoms with Gasteiger partial charge in [0.15, 0.2) is 18.2 Å². The third kappa shape index (κ3) is 5.58. The summed E-state index contributed by atoms with van der Waals surface area (Å²) in [5.74, 6) is -0.749. The van der Waals surface area contributed by atoms with Crippen molar-refractivity contribution in [2.45, 2.75) is 6.54 Å². The highest BCUT2D eigenvalue weighted by atomic mass is 79.9. The van der Waals surface area contributed by atoms with Crippen LogP contribution in [0.15, 0.2) is 47.1 Å². The summed E-state index contributed by atoms with van der Waals surface area (Å²) in [5.41, 5.74) is 0.761. The van der Waals surface area contributed by atoms with Crippen molar-refractivity contribution in [2.75, 3.05) is 26.9 Å². The topological polar surface area (TPSA) is 51.7 Å². The minimum absolute atomic E-state index is 0.0380. The highest BCUT2D eigenvalue weighted by molar-refractivity contribution is 9.10. The molecule has 2 aromatic rings. The molecule has 128 valence electrons. The van der Waals surface area contributed by atoms with E-state index in [1.54, 1.807) is 24.3 Å². The Morgan fingerprint density at radius 1 is 1.33 bits per heavy atom. The van der Waals surface area contributed by atoms with Crippen molar-refractivity contribution >= 4 is 21.8 Å². The first-order valence-corrected chi connectivity index (χ1v) is 8.14. The van der Waals surface area contributed by atoms with Crippen molar-refractivity contribution in [1.29, 1.82) is 0 Å². The lowest BCUT2D eigenvalue weighted by molar-refractivity contribution is -0.134. The largest absolute Gasteiger partial charge is 0.481 e. The standard InChI is InChI=1S/C17H18BrFN2O3/c1-23-9-8-21(11-14-4-2-3-7-20-14)17(22)12-24-16-6-5-13(18)10-15(16)19/h2-7,10H,8-9,11-12H2,1H3. The number of methoxy groups -OCH3 is 1. The lowest BCUT2D eigenvalue weighted by Crippen LogP contribution is -2.37. The Bertz CT molecular complexity index is 670. The first-order chi connectivity index (χ1) is 11.6. The zero-order chi connectivity index (χ0) is 17.4. The van der Waals surface area contributed by atoms with E-state index in [4.69, 9.17) is 9.47 Å². The number of halogens is 2. The molecular weight excluding hydrogens is 379 g/mol. The maximum absolute atomic E-state index is 13.7. The van der Waals surface area contributed by atoms with E-state index in [0.29, 0.717) is 24.2 Å². The van der Waals surface area contributed by atoms with Gasteiger partial charge in [-0.05, 0) is 30.3 Å². The average molecular weight is 397 g/mol. The Morgan fingerprint density at radius 2 is 2.17 bits per heavy atom. The summed E-state index contributed by atoms with van der Waals surface area (Å²) in [6, 6.07) is 9.92. The molecule has 0 atom stereocenters. The summed E-state index contributed by atoms with van der Waals surface area (Å²) in [5, 5.41) is 0. The number of carbonyl (C=O) groups excluding carboxylic acids is 1. The fourth-order valence-electron chi connectivity index (χ4n) is 2.00. The molecule has 0 spiro atoms. The predicted molar refractivity (Wildman–Crippen MR) is 91.1 cm³/mol. The van der Waals surface area contributed by atoms with Crippen LogP contribution in [0.2, 0.25) is 0 Å². The zero-order valence-corrected chi connectivity index (χ0v) is 14.8. The number of carbonyl (C=O) groups is 1. The first-order valence-electron chi connectivity index (χ1n) is 7.34. The van der Waals surface area contributed by atoms with Gasteiger partial charge in [-0.1, -0.05) is 22.0 Å². The van der Waals surface area contributed by atoms with Crippen molar-refractivity contribution in [3.8, 4) is 5.75 Å². The zero-order valence-electron chi connectivity index (χ0n) is 13.2. The summed E-state index contributed by atoms with van der Waals surface area (Å²) in [7, 11) is 1.57. The molecule has 24 heavy (non-hydrogen) atoms. The van der Waals surface area contributed by atoms with Crippen LogP contribution in [-0.4, -0.2) is 42.7 Å². The third-order valence-corrected chi connectivity index (χ3v) is 3.74. The Labute approximate surface area is 148 Å². The van der Waals surface area contributed by atoms with E-state index in [-0.39, 0.29) is 18.3 Å². The predicted octanol–water partition coefficient (Wildman–Crippen LogP) is 3.04. The molecule has 1 heterocycles. The Balaban J connectivity index is 1.98. The maximum atomic E-state index is 13.7. The van der Waals surface area contributed by atoms with Crippen LogP contribution < -0.4 is 4.74 Å². The number of rotatable bonds is 8. The molecule has 1 aromatic carbocycles. The third-order valence-electron chi connectivity index (χ3n) is 3.24. The SMILES string of the molecule is COCCN(Cc1ccccn1)C(=O)COc1ccc(Br)cc1F. The van der Waals surface area contributed by atoms with Crippen LogP contribution in [0.1, 0.15) is 5.69 Å². The molecule has 0 aliphatic carbocycles. The highest BCUT2D eigenvalue weighted by Gasteiger charge is 2.16. The van der Waals surface area contributed by atoms with Crippen LogP contribution in [0.5, 0.6) is 5.75 Å². The second-order valence-electron chi connectivity index (χ2n) is 4.99. The molecule has 7 heteroatoms. The van der Waals surface area contributed by atoms with E-state index < -0.39 is 5.82 Å². The van der Waals surface area contributed by atoms with E-state index in [1.807, 2.05) is 18.2 Å². The Kier molecular flexibility index (Phi) is 7.14. The molecule has 0 saturated heterocycles. The summed E-state index contributed by atoms with van der Waals surface area (Å²) in [6.45, 7) is 0.883. The molecule has 0 radical (unpaired) electrons. The van der Waals surface area contributed by atoms with Crippen LogP contribution in [0, 0.1) is 5.82 Å². The normalized spacial score (nSPS) is 10.5. The van der Waals surface area contributed by atoms with Gasteiger partial charge in [-0.3, -0.25) is 9.78 Å². The van der Waals surface area contributed by atoms with Crippen LogP contribution in [0.4, 0.5) is 4.39 Å². The lowest BCUT2D eigenvalue weighted by Gasteiger charge is -2.22. The molecule has 0 aliphatic heterocycles. The molecule has 1 aromatic heterocycles. The van der Waals surface area contributed by atoms with Gasteiger partial charge in [0.1, 0.15) is 0 Å². The minimum atomic E-state index is -0.523. The van der Waals surface area contributed by atoms with E-state index in [2.05, 4.69) is 20.9 Å². The number of hydrogen-bond donors (Lipinski definition) is 0. The molecule has 0 aliphatic rings.